The Balaban J connectivity index is 2.15. The summed E-state index contributed by atoms with van der Waals surface area (Å²) in [5.74, 6) is 0. The Morgan fingerprint density at radius 1 is 1.37 bits per heavy atom. The molecule has 5 nitrogen and oxygen atoms in total. The SMILES string of the molecule is Cc1ccc(CNc2ccc(Cl)cc2[N+](=O)[O-])nc1. The van der Waals surface area contributed by atoms with Crippen molar-refractivity contribution in [1.29, 1.82) is 0 Å². The van der Waals surface area contributed by atoms with Gasteiger partial charge in [-0.1, -0.05) is 17.7 Å². The van der Waals surface area contributed by atoms with Crippen LogP contribution in [0.15, 0.2) is 36.5 Å². The minimum absolute atomic E-state index is 0.0420. The van der Waals surface area contributed by atoms with Crippen LogP contribution in [-0.2, 0) is 6.54 Å². The number of aromatic nitrogens is 1. The van der Waals surface area contributed by atoms with Gasteiger partial charge in [-0.2, -0.15) is 0 Å². The molecule has 0 spiro atoms. The molecule has 0 fully saturated rings. The topological polar surface area (TPSA) is 68.1 Å². The van der Waals surface area contributed by atoms with Crippen molar-refractivity contribution in [2.45, 2.75) is 13.5 Å². The van der Waals surface area contributed by atoms with Crippen LogP contribution in [0.3, 0.4) is 0 Å². The Kier molecular flexibility index (Phi) is 3.97. The number of hydrogen-bond donors (Lipinski definition) is 1. The largest absolute Gasteiger partial charge is 0.374 e. The molecular formula is C13H12ClN3O2. The first kappa shape index (κ1) is 13.3. The van der Waals surface area contributed by atoms with E-state index in [0.717, 1.165) is 11.3 Å². The van der Waals surface area contributed by atoms with Crippen molar-refractivity contribution < 1.29 is 4.92 Å². The number of nitro benzene ring substituents is 1. The maximum absolute atomic E-state index is 10.9. The Bertz CT molecular complexity index is 599. The highest BCUT2D eigenvalue weighted by molar-refractivity contribution is 6.30. The van der Waals surface area contributed by atoms with Gasteiger partial charge in [0.25, 0.3) is 5.69 Å². The molecule has 98 valence electrons. The molecule has 1 aromatic heterocycles. The van der Waals surface area contributed by atoms with E-state index in [9.17, 15) is 10.1 Å². The number of nitrogens with zero attached hydrogens (tertiary/aromatic N) is 2. The predicted molar refractivity (Wildman–Crippen MR) is 74.4 cm³/mol. The molecule has 0 radical (unpaired) electrons. The zero-order valence-electron chi connectivity index (χ0n) is 10.3. The zero-order valence-corrected chi connectivity index (χ0v) is 11.0. The lowest BCUT2D eigenvalue weighted by Gasteiger charge is -2.07. The maximum Gasteiger partial charge on any atom is 0.293 e. The van der Waals surface area contributed by atoms with Crippen LogP contribution in [0.25, 0.3) is 0 Å². The van der Waals surface area contributed by atoms with Gasteiger partial charge in [0.1, 0.15) is 5.69 Å². The fourth-order valence-electron chi connectivity index (χ4n) is 1.59. The van der Waals surface area contributed by atoms with Crippen LogP contribution in [0.1, 0.15) is 11.3 Å². The highest BCUT2D eigenvalue weighted by Gasteiger charge is 2.13. The molecule has 1 aromatic carbocycles. The Hall–Kier alpha value is -2.14. The Morgan fingerprint density at radius 2 is 2.16 bits per heavy atom. The highest BCUT2D eigenvalue weighted by Crippen LogP contribution is 2.27. The number of rotatable bonds is 4. The average molecular weight is 278 g/mol. The van der Waals surface area contributed by atoms with E-state index in [1.54, 1.807) is 18.3 Å². The van der Waals surface area contributed by atoms with Crippen LogP contribution < -0.4 is 5.32 Å². The van der Waals surface area contributed by atoms with Gasteiger partial charge in [0.15, 0.2) is 0 Å². The summed E-state index contributed by atoms with van der Waals surface area (Å²) in [6, 6.07) is 8.35. The molecule has 0 saturated carbocycles. The molecule has 0 atom stereocenters. The van der Waals surface area contributed by atoms with Gasteiger partial charge in [-0.15, -0.1) is 0 Å². The van der Waals surface area contributed by atoms with Crippen molar-refractivity contribution in [1.82, 2.24) is 4.98 Å². The molecule has 1 N–H and O–H groups in total. The first-order chi connectivity index (χ1) is 9.06. The number of benzene rings is 1. The number of anilines is 1. The van der Waals surface area contributed by atoms with Gasteiger partial charge in [0, 0.05) is 17.3 Å². The third kappa shape index (κ3) is 3.42. The van der Waals surface area contributed by atoms with Crippen molar-refractivity contribution in [3.8, 4) is 0 Å². The first-order valence-electron chi connectivity index (χ1n) is 5.65. The summed E-state index contributed by atoms with van der Waals surface area (Å²) >= 11 is 5.75. The number of halogens is 1. The van der Waals surface area contributed by atoms with Crippen molar-refractivity contribution in [2.24, 2.45) is 0 Å². The highest BCUT2D eigenvalue weighted by atomic mass is 35.5. The summed E-state index contributed by atoms with van der Waals surface area (Å²) in [5, 5.41) is 14.3. The molecule has 6 heteroatoms. The number of nitrogens with one attached hydrogen (secondary N) is 1. The lowest BCUT2D eigenvalue weighted by Crippen LogP contribution is -2.04. The minimum atomic E-state index is -0.462. The first-order valence-corrected chi connectivity index (χ1v) is 6.03. The van der Waals surface area contributed by atoms with Gasteiger partial charge in [0.05, 0.1) is 17.2 Å². The van der Waals surface area contributed by atoms with Crippen molar-refractivity contribution >= 4 is 23.0 Å². The smallest absolute Gasteiger partial charge is 0.293 e. The van der Waals surface area contributed by atoms with E-state index in [0.29, 0.717) is 17.3 Å². The van der Waals surface area contributed by atoms with E-state index in [1.807, 2.05) is 19.1 Å². The van der Waals surface area contributed by atoms with Crippen LogP contribution in [-0.4, -0.2) is 9.91 Å². The minimum Gasteiger partial charge on any atom is -0.374 e. The van der Waals surface area contributed by atoms with Gasteiger partial charge in [-0.3, -0.25) is 15.1 Å². The standard InChI is InChI=1S/C13H12ClN3O2/c1-9-2-4-11(15-7-9)8-16-12-5-3-10(14)6-13(12)17(18)19/h2-7,16H,8H2,1H3. The molecule has 19 heavy (non-hydrogen) atoms. The lowest BCUT2D eigenvalue weighted by molar-refractivity contribution is -0.383. The molecule has 0 aliphatic rings. The van der Waals surface area contributed by atoms with Crippen LogP contribution in [0, 0.1) is 17.0 Å². The van der Waals surface area contributed by atoms with E-state index >= 15 is 0 Å². The Labute approximate surface area is 115 Å². The maximum atomic E-state index is 10.9. The van der Waals surface area contributed by atoms with Gasteiger partial charge in [-0.05, 0) is 30.7 Å². The van der Waals surface area contributed by atoms with Crippen LogP contribution in [0.2, 0.25) is 5.02 Å². The number of nitro groups is 1. The fourth-order valence-corrected chi connectivity index (χ4v) is 1.76. The second-order valence-corrected chi connectivity index (χ2v) is 4.54. The summed E-state index contributed by atoms with van der Waals surface area (Å²) in [5.41, 5.74) is 2.27. The quantitative estimate of drug-likeness (QED) is 0.685. The molecule has 0 aliphatic heterocycles. The third-order valence-corrected chi connectivity index (χ3v) is 2.82. The van der Waals surface area contributed by atoms with Gasteiger partial charge >= 0.3 is 0 Å². The molecule has 1 heterocycles. The molecule has 0 saturated heterocycles. The molecule has 0 aliphatic carbocycles. The number of hydrogen-bond acceptors (Lipinski definition) is 4. The molecule has 2 aromatic rings. The molecule has 0 bridgehead atoms. The van der Waals surface area contributed by atoms with Gasteiger partial charge in [-0.25, -0.2) is 0 Å². The van der Waals surface area contributed by atoms with Gasteiger partial charge < -0.3 is 5.32 Å². The lowest BCUT2D eigenvalue weighted by atomic mass is 10.2. The molecule has 0 amide bonds. The summed E-state index contributed by atoms with van der Waals surface area (Å²) in [6.07, 6.45) is 1.76. The second-order valence-electron chi connectivity index (χ2n) is 4.10. The number of pyridine rings is 1. The van der Waals surface area contributed by atoms with Crippen LogP contribution in [0.5, 0.6) is 0 Å². The molecular weight excluding hydrogens is 266 g/mol. The van der Waals surface area contributed by atoms with Crippen molar-refractivity contribution in [2.75, 3.05) is 5.32 Å². The van der Waals surface area contributed by atoms with Crippen molar-refractivity contribution in [3.05, 3.63) is 62.9 Å². The van der Waals surface area contributed by atoms with E-state index in [-0.39, 0.29) is 5.69 Å². The molecule has 2 rings (SSSR count). The van der Waals surface area contributed by atoms with Crippen LogP contribution in [0.4, 0.5) is 11.4 Å². The van der Waals surface area contributed by atoms with E-state index in [4.69, 9.17) is 11.6 Å². The summed E-state index contributed by atoms with van der Waals surface area (Å²) < 4.78 is 0. The predicted octanol–water partition coefficient (Wildman–Crippen LogP) is 3.56. The summed E-state index contributed by atoms with van der Waals surface area (Å²) in [6.45, 7) is 2.37. The second kappa shape index (κ2) is 5.67. The van der Waals surface area contributed by atoms with Gasteiger partial charge in [0.2, 0.25) is 0 Å². The summed E-state index contributed by atoms with van der Waals surface area (Å²) in [4.78, 5) is 14.7. The summed E-state index contributed by atoms with van der Waals surface area (Å²) in [7, 11) is 0. The Morgan fingerprint density at radius 3 is 2.79 bits per heavy atom. The van der Waals surface area contributed by atoms with Crippen LogP contribution >= 0.6 is 11.6 Å². The zero-order chi connectivity index (χ0) is 13.8. The third-order valence-electron chi connectivity index (χ3n) is 2.59. The number of aryl methyl sites for hydroxylation is 1. The van der Waals surface area contributed by atoms with Crippen molar-refractivity contribution in [3.63, 3.8) is 0 Å². The monoisotopic (exact) mass is 277 g/mol. The molecule has 0 unspecified atom stereocenters. The van der Waals surface area contributed by atoms with E-state index < -0.39 is 4.92 Å². The fraction of sp³-hybridized carbons (Fsp3) is 0.154. The average Bonchev–Trinajstić information content (AvgIpc) is 2.39. The van der Waals surface area contributed by atoms with E-state index in [2.05, 4.69) is 10.3 Å². The van der Waals surface area contributed by atoms with E-state index in [1.165, 1.54) is 6.07 Å². The normalized spacial score (nSPS) is 10.2.